The van der Waals surface area contributed by atoms with Gasteiger partial charge in [-0.25, -0.2) is 14.4 Å². The fraction of sp³-hybridized carbons (Fsp3) is 0.231. The van der Waals surface area contributed by atoms with Gasteiger partial charge >= 0.3 is 0 Å². The Morgan fingerprint density at radius 2 is 2.08 bits per heavy atom. The first kappa shape index (κ1) is 27.0. The Kier molecular flexibility index (Phi) is 7.58. The van der Waals surface area contributed by atoms with Crippen LogP contribution in [0.3, 0.4) is 0 Å². The van der Waals surface area contributed by atoms with Crippen LogP contribution in [-0.2, 0) is 18.4 Å². The number of aryl methyl sites for hydroxylation is 1. The summed E-state index contributed by atoms with van der Waals surface area (Å²) >= 11 is 6.38. The summed E-state index contributed by atoms with van der Waals surface area (Å²) in [6.45, 7) is -0.508. The number of aromatic nitrogens is 5. The zero-order valence-electron chi connectivity index (χ0n) is 21.4. The molecular weight excluding hydrogens is 543 g/mol. The van der Waals surface area contributed by atoms with Gasteiger partial charge in [0, 0.05) is 30.8 Å². The second-order valence-electron chi connectivity index (χ2n) is 8.99. The van der Waals surface area contributed by atoms with E-state index < -0.39 is 24.4 Å². The van der Waals surface area contributed by atoms with Crippen molar-refractivity contribution in [1.82, 2.24) is 35.2 Å². The average Bonchev–Trinajstić information content (AvgIpc) is 3.49. The maximum Gasteiger partial charge on any atom is 0.254 e. The summed E-state index contributed by atoms with van der Waals surface area (Å²) in [6.07, 6.45) is 2.97. The number of halogens is 2. The Labute approximate surface area is 232 Å². The van der Waals surface area contributed by atoms with E-state index >= 15 is 0 Å². The second kappa shape index (κ2) is 11.2. The van der Waals surface area contributed by atoms with E-state index in [1.807, 2.05) is 0 Å². The SMILES string of the molecule is COc1cc(F)cc(C(CO)NC(=O)CN2Cc3ccc(-c4nc(Nc5cnn(C)n5)ncc4Cl)cc3C2=O)c1. The normalized spacial score (nSPS) is 13.2. The molecule has 0 radical (unpaired) electrons. The number of carbonyl (C=O) groups excluding carboxylic acids is 2. The molecule has 0 fully saturated rings. The molecule has 2 aromatic carbocycles. The number of fused-ring (bicyclic) bond motifs is 1. The van der Waals surface area contributed by atoms with Gasteiger partial charge in [-0.3, -0.25) is 9.59 Å². The number of rotatable bonds is 9. The first-order valence-corrected chi connectivity index (χ1v) is 12.4. The summed E-state index contributed by atoms with van der Waals surface area (Å²) < 4.78 is 19.0. The first-order chi connectivity index (χ1) is 19.2. The molecule has 14 heteroatoms. The van der Waals surface area contributed by atoms with Crippen LogP contribution in [0.25, 0.3) is 11.3 Å². The molecule has 5 rings (SSSR count). The number of nitrogens with one attached hydrogen (secondary N) is 2. The van der Waals surface area contributed by atoms with Crippen LogP contribution in [0.15, 0.2) is 48.8 Å². The van der Waals surface area contributed by atoms with Crippen LogP contribution in [-0.4, -0.2) is 67.0 Å². The smallest absolute Gasteiger partial charge is 0.254 e. The van der Waals surface area contributed by atoms with Crippen LogP contribution in [0.2, 0.25) is 5.02 Å². The number of hydrogen-bond acceptors (Lipinski definition) is 9. The number of benzene rings is 2. The number of amides is 2. The fourth-order valence-corrected chi connectivity index (χ4v) is 4.53. The minimum Gasteiger partial charge on any atom is -0.497 e. The average molecular weight is 567 g/mol. The number of aliphatic hydroxyl groups is 1. The van der Waals surface area contributed by atoms with E-state index in [4.69, 9.17) is 16.3 Å². The van der Waals surface area contributed by atoms with Crippen molar-refractivity contribution in [2.75, 3.05) is 25.6 Å². The third-order valence-corrected chi connectivity index (χ3v) is 6.51. The van der Waals surface area contributed by atoms with Crippen LogP contribution in [0.1, 0.15) is 27.5 Å². The van der Waals surface area contributed by atoms with E-state index in [2.05, 4.69) is 30.8 Å². The van der Waals surface area contributed by atoms with Crippen LogP contribution in [0, 0.1) is 5.82 Å². The maximum atomic E-state index is 13.9. The number of hydrogen-bond donors (Lipinski definition) is 3. The van der Waals surface area contributed by atoms with Gasteiger partial charge in [-0.2, -0.15) is 9.90 Å². The lowest BCUT2D eigenvalue weighted by Crippen LogP contribution is -2.40. The highest BCUT2D eigenvalue weighted by Gasteiger charge is 2.30. The molecule has 1 aliphatic heterocycles. The van der Waals surface area contributed by atoms with Crippen LogP contribution in [0.5, 0.6) is 5.75 Å². The van der Waals surface area contributed by atoms with Gasteiger partial charge in [-0.15, -0.1) is 5.10 Å². The fourth-order valence-electron chi connectivity index (χ4n) is 4.33. The van der Waals surface area contributed by atoms with E-state index in [0.29, 0.717) is 28.2 Å². The Morgan fingerprint density at radius 3 is 2.80 bits per heavy atom. The van der Waals surface area contributed by atoms with Crippen LogP contribution >= 0.6 is 11.6 Å². The van der Waals surface area contributed by atoms with Gasteiger partial charge in [0.2, 0.25) is 11.9 Å². The zero-order valence-corrected chi connectivity index (χ0v) is 22.2. The van der Waals surface area contributed by atoms with Gasteiger partial charge in [0.25, 0.3) is 5.91 Å². The van der Waals surface area contributed by atoms with Crippen molar-refractivity contribution in [2.45, 2.75) is 12.6 Å². The molecule has 3 N–H and O–H groups in total. The first-order valence-electron chi connectivity index (χ1n) is 12.1. The Hall–Kier alpha value is -4.62. The van der Waals surface area contributed by atoms with Crippen molar-refractivity contribution in [2.24, 2.45) is 7.05 Å². The Bertz CT molecular complexity index is 1600. The van der Waals surface area contributed by atoms with Gasteiger partial charge in [0.1, 0.15) is 18.1 Å². The van der Waals surface area contributed by atoms with Crippen molar-refractivity contribution < 1.29 is 23.8 Å². The van der Waals surface area contributed by atoms with Gasteiger partial charge in [-0.05, 0) is 29.3 Å². The number of nitrogens with zero attached hydrogens (tertiary/aromatic N) is 6. The second-order valence-corrected chi connectivity index (χ2v) is 9.40. The molecule has 40 heavy (non-hydrogen) atoms. The molecule has 12 nitrogen and oxygen atoms in total. The highest BCUT2D eigenvalue weighted by Crippen LogP contribution is 2.32. The topological polar surface area (TPSA) is 147 Å². The van der Waals surface area contributed by atoms with Crippen LogP contribution < -0.4 is 15.4 Å². The minimum absolute atomic E-state index is 0.219. The lowest BCUT2D eigenvalue weighted by atomic mass is 10.0. The standard InChI is InChI=1S/C26H24ClFN8O4/c1-35-30-10-22(34-35)32-26-29-9-20(27)24(33-26)14-3-4-15-11-36(25(39)19(15)7-14)12-23(38)31-21(13-37)16-5-17(28)8-18(6-16)40-2/h3-10,21,37H,11-13H2,1-2H3,(H,31,38)(H,29,32,33,34). The molecule has 0 aliphatic carbocycles. The van der Waals surface area contributed by atoms with Crippen molar-refractivity contribution >= 4 is 35.2 Å². The van der Waals surface area contributed by atoms with Crippen molar-refractivity contribution in [1.29, 1.82) is 0 Å². The Balaban J connectivity index is 1.29. The highest BCUT2D eigenvalue weighted by molar-refractivity contribution is 6.33. The van der Waals surface area contributed by atoms with Gasteiger partial charge in [-0.1, -0.05) is 23.7 Å². The Morgan fingerprint density at radius 1 is 1.25 bits per heavy atom. The van der Waals surface area contributed by atoms with E-state index in [9.17, 15) is 19.1 Å². The molecule has 1 aliphatic rings. The molecule has 0 bridgehead atoms. The van der Waals surface area contributed by atoms with Gasteiger partial charge in [0.05, 0.1) is 42.9 Å². The largest absolute Gasteiger partial charge is 0.497 e. The van der Waals surface area contributed by atoms with Crippen molar-refractivity contribution in [3.05, 3.63) is 76.3 Å². The monoisotopic (exact) mass is 566 g/mol. The number of ether oxygens (including phenoxy) is 1. The molecule has 206 valence electrons. The molecule has 2 amide bonds. The summed E-state index contributed by atoms with van der Waals surface area (Å²) in [5.41, 5.74) is 2.48. The maximum absolute atomic E-state index is 13.9. The highest BCUT2D eigenvalue weighted by atomic mass is 35.5. The molecule has 0 saturated carbocycles. The summed E-state index contributed by atoms with van der Waals surface area (Å²) in [7, 11) is 3.07. The minimum atomic E-state index is -0.881. The summed E-state index contributed by atoms with van der Waals surface area (Å²) in [5, 5.41) is 23.8. The predicted molar refractivity (Wildman–Crippen MR) is 142 cm³/mol. The quantitative estimate of drug-likeness (QED) is 0.278. The molecule has 1 unspecified atom stereocenters. The summed E-state index contributed by atoms with van der Waals surface area (Å²) in [4.78, 5) is 37.4. The number of anilines is 2. The van der Waals surface area contributed by atoms with Gasteiger partial charge in [0.15, 0.2) is 5.82 Å². The summed E-state index contributed by atoms with van der Waals surface area (Å²) in [5.74, 6) is -0.467. The molecule has 0 spiro atoms. The van der Waals surface area contributed by atoms with E-state index in [-0.39, 0.29) is 35.7 Å². The lowest BCUT2D eigenvalue weighted by Gasteiger charge is -2.20. The molecule has 3 heterocycles. The van der Waals surface area contributed by atoms with Gasteiger partial charge < -0.3 is 25.4 Å². The molecule has 0 saturated heterocycles. The molecular formula is C26H24ClFN8O4. The van der Waals surface area contributed by atoms with Crippen molar-refractivity contribution in [3.8, 4) is 17.0 Å². The molecule has 4 aromatic rings. The lowest BCUT2D eigenvalue weighted by molar-refractivity contribution is -0.122. The molecule has 1 atom stereocenters. The number of aliphatic hydroxyl groups excluding tert-OH is 1. The van der Waals surface area contributed by atoms with E-state index in [1.165, 1.54) is 47.4 Å². The summed E-state index contributed by atoms with van der Waals surface area (Å²) in [6, 6.07) is 8.28. The zero-order chi connectivity index (χ0) is 28.4. The number of carbonyl (C=O) groups is 2. The molecule has 2 aromatic heterocycles. The third kappa shape index (κ3) is 5.70. The van der Waals surface area contributed by atoms with E-state index in [0.717, 1.165) is 5.56 Å². The third-order valence-electron chi connectivity index (χ3n) is 6.23. The van der Waals surface area contributed by atoms with Crippen LogP contribution in [0.4, 0.5) is 16.2 Å². The number of methoxy groups -OCH3 is 1. The predicted octanol–water partition coefficient (Wildman–Crippen LogP) is 2.62. The van der Waals surface area contributed by atoms with Crippen molar-refractivity contribution in [3.63, 3.8) is 0 Å². The van der Waals surface area contributed by atoms with E-state index in [1.54, 1.807) is 25.2 Å².